The predicted molar refractivity (Wildman–Crippen MR) is 126 cm³/mol. The molecule has 4 rings (SSSR count). The Labute approximate surface area is 191 Å². The highest BCUT2D eigenvalue weighted by Crippen LogP contribution is 2.41. The maximum Gasteiger partial charge on any atom is 0.407 e. The first-order valence-electron chi connectivity index (χ1n) is 10.5. The summed E-state index contributed by atoms with van der Waals surface area (Å²) in [6.45, 7) is 7.34. The second kappa shape index (κ2) is 8.77. The highest BCUT2D eigenvalue weighted by Gasteiger charge is 2.36. The molecule has 7 heteroatoms. The number of hydrogen-bond donors (Lipinski definition) is 1. The number of carboxylic acid groups (broad SMARTS) is 1. The van der Waals surface area contributed by atoms with Gasteiger partial charge < -0.3 is 9.84 Å². The topological polar surface area (TPSA) is 62.7 Å². The number of carbonyl (C=O) groups is 1. The number of aromatic nitrogens is 1. The van der Waals surface area contributed by atoms with E-state index < -0.39 is 6.09 Å². The van der Waals surface area contributed by atoms with Crippen molar-refractivity contribution in [3.8, 4) is 10.4 Å². The lowest BCUT2D eigenvalue weighted by atomic mass is 9.81. The first-order chi connectivity index (χ1) is 14.7. The molecule has 5 nitrogen and oxygen atoms in total. The molecule has 0 bridgehead atoms. The van der Waals surface area contributed by atoms with Gasteiger partial charge in [-0.1, -0.05) is 56.6 Å². The van der Waals surface area contributed by atoms with Crippen molar-refractivity contribution >= 4 is 39.2 Å². The molecule has 0 aliphatic carbocycles. The summed E-state index contributed by atoms with van der Waals surface area (Å²) in [6.07, 6.45) is 2.66. The molecular formula is C24H27ClN2O3S. The third-order valence-corrected chi connectivity index (χ3v) is 7.31. The average molecular weight is 459 g/mol. The van der Waals surface area contributed by atoms with Crippen molar-refractivity contribution in [3.63, 3.8) is 0 Å². The molecule has 1 N–H and O–H groups in total. The van der Waals surface area contributed by atoms with Gasteiger partial charge in [0, 0.05) is 17.7 Å². The van der Waals surface area contributed by atoms with Crippen molar-refractivity contribution in [2.45, 2.75) is 45.8 Å². The Hall–Kier alpha value is -2.15. The van der Waals surface area contributed by atoms with Crippen LogP contribution in [-0.2, 0) is 4.74 Å². The summed E-state index contributed by atoms with van der Waals surface area (Å²) in [7, 11) is 0. The van der Waals surface area contributed by atoms with Gasteiger partial charge in [0.05, 0.1) is 33.9 Å². The van der Waals surface area contributed by atoms with Gasteiger partial charge in [-0.15, -0.1) is 11.3 Å². The Morgan fingerprint density at radius 2 is 2.06 bits per heavy atom. The monoisotopic (exact) mass is 458 g/mol. The number of pyridine rings is 1. The summed E-state index contributed by atoms with van der Waals surface area (Å²) < 4.78 is 6.70. The molecular weight excluding hydrogens is 432 g/mol. The molecule has 1 fully saturated rings. The minimum atomic E-state index is -0.912. The van der Waals surface area contributed by atoms with Gasteiger partial charge >= 0.3 is 6.09 Å². The van der Waals surface area contributed by atoms with Gasteiger partial charge in [0.15, 0.2) is 0 Å². The van der Waals surface area contributed by atoms with E-state index in [0.717, 1.165) is 39.1 Å². The van der Waals surface area contributed by atoms with Crippen molar-refractivity contribution in [2.24, 2.45) is 5.41 Å². The number of fused-ring (bicyclic) bond motifs is 1. The van der Waals surface area contributed by atoms with E-state index in [9.17, 15) is 9.90 Å². The van der Waals surface area contributed by atoms with Gasteiger partial charge in [0.2, 0.25) is 0 Å². The molecule has 2 unspecified atom stereocenters. The Morgan fingerprint density at radius 3 is 2.65 bits per heavy atom. The molecule has 3 aromatic rings. The minimum absolute atomic E-state index is 0.0315. The molecule has 1 amide bonds. The minimum Gasteiger partial charge on any atom is -0.465 e. The number of amides is 1. The van der Waals surface area contributed by atoms with Crippen molar-refractivity contribution in [2.75, 3.05) is 13.2 Å². The van der Waals surface area contributed by atoms with Crippen LogP contribution in [0.2, 0.25) is 5.02 Å². The number of nitrogens with zero attached hydrogens (tertiary/aromatic N) is 2. The second-order valence-electron chi connectivity index (χ2n) is 9.08. The summed E-state index contributed by atoms with van der Waals surface area (Å²) in [6, 6.07) is 11.8. The van der Waals surface area contributed by atoms with E-state index in [1.165, 1.54) is 0 Å². The van der Waals surface area contributed by atoms with Crippen LogP contribution >= 0.6 is 22.9 Å². The average Bonchev–Trinajstić information content (AvgIpc) is 3.37. The molecule has 1 aliphatic rings. The zero-order chi connectivity index (χ0) is 22.2. The van der Waals surface area contributed by atoms with Crippen LogP contribution in [0.15, 0.2) is 42.6 Å². The standard InChI is InChI=1S/C24H27ClN2O3S/c1-24(2,3)22(27(23(28)29)14-17-5-4-12-30-17)16-8-6-15(7-9-16)20-13-19-21(31-20)18(25)10-11-26-19/h6-11,13,17,22H,4-5,12,14H2,1-3H3,(H,28,29). The SMILES string of the molecule is CC(C)(C)C(c1ccc(-c2cc3nccc(Cl)c3s2)cc1)N(CC1CCCO1)C(=O)O. The normalized spacial score (nSPS) is 17.7. The van der Waals surface area contributed by atoms with Crippen LogP contribution in [0.4, 0.5) is 4.79 Å². The second-order valence-corrected chi connectivity index (χ2v) is 10.5. The van der Waals surface area contributed by atoms with Crippen molar-refractivity contribution in [1.82, 2.24) is 9.88 Å². The van der Waals surface area contributed by atoms with E-state index in [4.69, 9.17) is 16.3 Å². The van der Waals surface area contributed by atoms with Gasteiger partial charge in [-0.25, -0.2) is 4.79 Å². The number of benzene rings is 1. The van der Waals surface area contributed by atoms with E-state index in [0.29, 0.717) is 18.2 Å². The lowest BCUT2D eigenvalue weighted by molar-refractivity contribution is 0.0306. The Bertz CT molecular complexity index is 1070. The van der Waals surface area contributed by atoms with Gasteiger partial charge in [0.1, 0.15) is 0 Å². The number of rotatable bonds is 5. The first kappa shape index (κ1) is 22.1. The zero-order valence-electron chi connectivity index (χ0n) is 18.0. The molecule has 1 saturated heterocycles. The van der Waals surface area contributed by atoms with E-state index >= 15 is 0 Å². The van der Waals surface area contributed by atoms with Gasteiger partial charge in [-0.3, -0.25) is 9.88 Å². The zero-order valence-corrected chi connectivity index (χ0v) is 19.5. The molecule has 164 valence electrons. The molecule has 3 heterocycles. The molecule has 0 saturated carbocycles. The van der Waals surface area contributed by atoms with E-state index in [2.05, 4.69) is 37.9 Å². The van der Waals surface area contributed by atoms with Crippen LogP contribution in [0.25, 0.3) is 20.7 Å². The third kappa shape index (κ3) is 4.71. The van der Waals surface area contributed by atoms with Crippen molar-refractivity contribution in [3.05, 3.63) is 53.2 Å². The van der Waals surface area contributed by atoms with Crippen LogP contribution in [-0.4, -0.2) is 40.3 Å². The smallest absolute Gasteiger partial charge is 0.407 e. The molecule has 1 aromatic carbocycles. The summed E-state index contributed by atoms with van der Waals surface area (Å²) in [4.78, 5) is 19.3. The van der Waals surface area contributed by atoms with E-state index in [1.807, 2.05) is 18.2 Å². The molecule has 2 aromatic heterocycles. The lowest BCUT2D eigenvalue weighted by Crippen LogP contribution is -2.44. The Kier molecular flexibility index (Phi) is 6.24. The number of halogens is 1. The molecule has 1 aliphatic heterocycles. The number of thiophene rings is 1. The molecule has 31 heavy (non-hydrogen) atoms. The van der Waals surface area contributed by atoms with Crippen LogP contribution in [0.5, 0.6) is 0 Å². The van der Waals surface area contributed by atoms with Gasteiger partial charge in [0.25, 0.3) is 0 Å². The maximum atomic E-state index is 12.2. The molecule has 2 atom stereocenters. The van der Waals surface area contributed by atoms with Crippen LogP contribution in [0.1, 0.15) is 45.2 Å². The Morgan fingerprint density at radius 1 is 1.32 bits per heavy atom. The highest BCUT2D eigenvalue weighted by atomic mass is 35.5. The molecule has 0 radical (unpaired) electrons. The fraction of sp³-hybridized carbons (Fsp3) is 0.417. The van der Waals surface area contributed by atoms with Crippen LogP contribution in [0.3, 0.4) is 0 Å². The summed E-state index contributed by atoms with van der Waals surface area (Å²) >= 11 is 7.92. The van der Waals surface area contributed by atoms with Crippen LogP contribution in [0, 0.1) is 5.41 Å². The maximum absolute atomic E-state index is 12.2. The predicted octanol–water partition coefficient (Wildman–Crippen LogP) is 6.86. The summed E-state index contributed by atoms with van der Waals surface area (Å²) in [5.74, 6) is 0. The third-order valence-electron chi connectivity index (χ3n) is 5.68. The fourth-order valence-corrected chi connectivity index (χ4v) is 5.62. The number of ether oxygens (including phenoxy) is 1. The van der Waals surface area contributed by atoms with E-state index in [1.54, 1.807) is 28.5 Å². The quantitative estimate of drug-likeness (QED) is 0.453. The van der Waals surface area contributed by atoms with Crippen molar-refractivity contribution in [1.29, 1.82) is 0 Å². The lowest BCUT2D eigenvalue weighted by Gasteiger charge is -2.40. The summed E-state index contributed by atoms with van der Waals surface area (Å²) in [5, 5.41) is 10.7. The first-order valence-corrected chi connectivity index (χ1v) is 11.7. The fourth-order valence-electron chi connectivity index (χ4n) is 4.33. The van der Waals surface area contributed by atoms with Gasteiger partial charge in [-0.05, 0) is 41.5 Å². The summed E-state index contributed by atoms with van der Waals surface area (Å²) in [5.41, 5.74) is 2.66. The largest absolute Gasteiger partial charge is 0.465 e. The highest BCUT2D eigenvalue weighted by molar-refractivity contribution is 7.22. The van der Waals surface area contributed by atoms with E-state index in [-0.39, 0.29) is 17.6 Å². The van der Waals surface area contributed by atoms with Crippen LogP contribution < -0.4 is 0 Å². The number of hydrogen-bond acceptors (Lipinski definition) is 4. The Balaban J connectivity index is 1.65. The van der Waals surface area contributed by atoms with Gasteiger partial charge in [-0.2, -0.15) is 0 Å². The molecule has 0 spiro atoms. The van der Waals surface area contributed by atoms with Crippen molar-refractivity contribution < 1.29 is 14.6 Å².